The van der Waals surface area contributed by atoms with Gasteiger partial charge in [0.05, 0.1) is 12.7 Å². The third-order valence-electron chi connectivity index (χ3n) is 1.93. The van der Waals surface area contributed by atoms with Crippen LogP contribution in [0.5, 0.6) is 11.5 Å². The van der Waals surface area contributed by atoms with Gasteiger partial charge in [-0.05, 0) is 26.0 Å². The van der Waals surface area contributed by atoms with Crippen LogP contribution in [0.4, 0.5) is 13.2 Å². The summed E-state index contributed by atoms with van der Waals surface area (Å²) in [6, 6.07) is 4.99. The van der Waals surface area contributed by atoms with Crippen molar-refractivity contribution in [2.75, 3.05) is 6.61 Å². The number of hydrogen-bond acceptors (Lipinski definition) is 4. The molecule has 1 aromatic carbocycles. The molecule has 0 unspecified atom stereocenters. The van der Waals surface area contributed by atoms with Crippen molar-refractivity contribution in [3.8, 4) is 11.5 Å². The first kappa shape index (κ1) is 15.9. The van der Waals surface area contributed by atoms with Crippen LogP contribution in [0.3, 0.4) is 0 Å². The molecule has 1 rings (SSSR count). The van der Waals surface area contributed by atoms with Crippen LogP contribution in [0, 0.1) is 0 Å². The molecule has 0 N–H and O–H groups in total. The molecule has 20 heavy (non-hydrogen) atoms. The average molecular weight is 290 g/mol. The van der Waals surface area contributed by atoms with Gasteiger partial charge in [0.2, 0.25) is 0 Å². The molecule has 0 spiro atoms. The molecule has 0 atom stereocenters. The summed E-state index contributed by atoms with van der Waals surface area (Å²) in [4.78, 5) is 11.1. The molecule has 0 radical (unpaired) electrons. The Hall–Kier alpha value is -2.18. The lowest BCUT2D eigenvalue weighted by Crippen LogP contribution is -2.17. The van der Waals surface area contributed by atoms with Crippen LogP contribution in [0.2, 0.25) is 0 Å². The highest BCUT2D eigenvalue weighted by Gasteiger charge is 2.31. The molecule has 0 fully saturated rings. The minimum Gasteiger partial charge on any atom is -0.463 e. The number of alkyl halides is 3. The lowest BCUT2D eigenvalue weighted by Gasteiger charge is -2.10. The Morgan fingerprint density at radius 2 is 1.95 bits per heavy atom. The van der Waals surface area contributed by atoms with Crippen molar-refractivity contribution < 1.29 is 32.2 Å². The largest absolute Gasteiger partial charge is 0.573 e. The maximum absolute atomic E-state index is 12.1. The van der Waals surface area contributed by atoms with Crippen LogP contribution in [-0.2, 0) is 9.53 Å². The average Bonchev–Trinajstić information content (AvgIpc) is 2.26. The van der Waals surface area contributed by atoms with Crippen molar-refractivity contribution in [3.05, 3.63) is 36.1 Å². The second kappa shape index (κ2) is 6.83. The molecule has 0 aliphatic rings. The summed E-state index contributed by atoms with van der Waals surface area (Å²) in [5.41, 5.74) is 0. The van der Waals surface area contributed by atoms with Crippen LogP contribution in [0.1, 0.15) is 13.8 Å². The third kappa shape index (κ3) is 6.12. The SMILES string of the molecule is CCOC(=O)C=C(C)Oc1cccc(OC(F)(F)F)c1. The highest BCUT2D eigenvalue weighted by atomic mass is 19.4. The first-order valence-electron chi connectivity index (χ1n) is 5.69. The van der Waals surface area contributed by atoms with Crippen LogP contribution >= 0.6 is 0 Å². The van der Waals surface area contributed by atoms with E-state index in [0.717, 1.165) is 18.2 Å². The van der Waals surface area contributed by atoms with Gasteiger partial charge in [0.15, 0.2) is 0 Å². The zero-order valence-corrected chi connectivity index (χ0v) is 10.9. The van der Waals surface area contributed by atoms with E-state index < -0.39 is 18.1 Å². The van der Waals surface area contributed by atoms with E-state index in [4.69, 9.17) is 4.74 Å². The Morgan fingerprint density at radius 3 is 2.55 bits per heavy atom. The van der Waals surface area contributed by atoms with Crippen molar-refractivity contribution in [2.24, 2.45) is 0 Å². The summed E-state index contributed by atoms with van der Waals surface area (Å²) in [5, 5.41) is 0. The van der Waals surface area contributed by atoms with E-state index in [2.05, 4.69) is 9.47 Å². The second-order valence-electron chi connectivity index (χ2n) is 3.63. The van der Waals surface area contributed by atoms with Gasteiger partial charge in [0.25, 0.3) is 0 Å². The van der Waals surface area contributed by atoms with Gasteiger partial charge in [-0.1, -0.05) is 6.07 Å². The summed E-state index contributed by atoms with van der Waals surface area (Å²) in [7, 11) is 0. The van der Waals surface area contributed by atoms with Gasteiger partial charge in [0, 0.05) is 6.07 Å². The maximum Gasteiger partial charge on any atom is 0.573 e. The molecule has 0 bridgehead atoms. The molecule has 1 aromatic rings. The van der Waals surface area contributed by atoms with Gasteiger partial charge < -0.3 is 14.2 Å². The van der Waals surface area contributed by atoms with Crippen molar-refractivity contribution in [1.82, 2.24) is 0 Å². The highest BCUT2D eigenvalue weighted by molar-refractivity contribution is 5.82. The van der Waals surface area contributed by atoms with Crippen molar-refractivity contribution in [3.63, 3.8) is 0 Å². The Morgan fingerprint density at radius 1 is 1.30 bits per heavy atom. The van der Waals surface area contributed by atoms with Gasteiger partial charge >= 0.3 is 12.3 Å². The van der Waals surface area contributed by atoms with E-state index in [1.165, 1.54) is 19.1 Å². The van der Waals surface area contributed by atoms with Gasteiger partial charge in [-0.25, -0.2) is 4.79 Å². The number of halogens is 3. The normalized spacial score (nSPS) is 11.9. The number of carbonyl (C=O) groups excluding carboxylic acids is 1. The molecular formula is C13H13F3O4. The first-order valence-corrected chi connectivity index (χ1v) is 5.69. The van der Waals surface area contributed by atoms with E-state index in [9.17, 15) is 18.0 Å². The summed E-state index contributed by atoms with van der Waals surface area (Å²) >= 11 is 0. The third-order valence-corrected chi connectivity index (χ3v) is 1.93. The number of allylic oxidation sites excluding steroid dienone is 1. The van der Waals surface area contributed by atoms with Crippen molar-refractivity contribution >= 4 is 5.97 Å². The number of benzene rings is 1. The van der Waals surface area contributed by atoms with E-state index in [0.29, 0.717) is 0 Å². The molecule has 110 valence electrons. The molecule has 7 heteroatoms. The van der Waals surface area contributed by atoms with Crippen molar-refractivity contribution in [2.45, 2.75) is 20.2 Å². The quantitative estimate of drug-likeness (QED) is 0.473. The molecule has 4 nitrogen and oxygen atoms in total. The molecule has 0 saturated heterocycles. The van der Waals surface area contributed by atoms with Gasteiger partial charge in [-0.3, -0.25) is 0 Å². The Bertz CT molecular complexity index is 495. The zero-order valence-electron chi connectivity index (χ0n) is 10.9. The lowest BCUT2D eigenvalue weighted by atomic mass is 10.3. The molecule has 0 aliphatic heterocycles. The smallest absolute Gasteiger partial charge is 0.463 e. The van der Waals surface area contributed by atoms with Gasteiger partial charge in [-0.15, -0.1) is 13.2 Å². The molecular weight excluding hydrogens is 277 g/mol. The Balaban J connectivity index is 2.73. The maximum atomic E-state index is 12.1. The molecule has 0 amide bonds. The standard InChI is InChI=1S/C13H13F3O4/c1-3-18-12(17)7-9(2)19-10-5-4-6-11(8-10)20-13(14,15)16/h4-8H,3H2,1-2H3. The number of ether oxygens (including phenoxy) is 3. The van der Waals surface area contributed by atoms with Crippen LogP contribution in [-0.4, -0.2) is 18.9 Å². The van der Waals surface area contributed by atoms with Crippen LogP contribution in [0.25, 0.3) is 0 Å². The van der Waals surface area contributed by atoms with E-state index in [1.807, 2.05) is 0 Å². The highest BCUT2D eigenvalue weighted by Crippen LogP contribution is 2.26. The summed E-state index contributed by atoms with van der Waals surface area (Å²) < 4.78 is 49.8. The molecule has 0 aliphatic carbocycles. The minimum atomic E-state index is -4.77. The molecule has 0 heterocycles. The monoisotopic (exact) mass is 290 g/mol. The van der Waals surface area contributed by atoms with E-state index in [1.54, 1.807) is 6.92 Å². The number of carbonyl (C=O) groups is 1. The topological polar surface area (TPSA) is 44.8 Å². The number of esters is 1. The minimum absolute atomic E-state index is 0.116. The van der Waals surface area contributed by atoms with Crippen LogP contribution < -0.4 is 9.47 Å². The predicted octanol–water partition coefficient (Wildman–Crippen LogP) is 3.43. The summed E-state index contributed by atoms with van der Waals surface area (Å²) in [5.74, 6) is -0.691. The number of rotatable bonds is 5. The van der Waals surface area contributed by atoms with E-state index in [-0.39, 0.29) is 18.1 Å². The molecule has 0 aromatic heterocycles. The van der Waals surface area contributed by atoms with Gasteiger partial charge in [0.1, 0.15) is 17.3 Å². The van der Waals surface area contributed by atoms with E-state index >= 15 is 0 Å². The second-order valence-corrected chi connectivity index (χ2v) is 3.63. The summed E-state index contributed by atoms with van der Waals surface area (Å²) in [6.45, 7) is 3.35. The fourth-order valence-corrected chi connectivity index (χ4v) is 1.30. The molecule has 0 saturated carbocycles. The number of hydrogen-bond donors (Lipinski definition) is 0. The predicted molar refractivity (Wildman–Crippen MR) is 64.1 cm³/mol. The lowest BCUT2D eigenvalue weighted by molar-refractivity contribution is -0.274. The first-order chi connectivity index (χ1) is 9.30. The fraction of sp³-hybridized carbons (Fsp3) is 0.308. The van der Waals surface area contributed by atoms with Gasteiger partial charge in [-0.2, -0.15) is 0 Å². The fourth-order valence-electron chi connectivity index (χ4n) is 1.30. The van der Waals surface area contributed by atoms with Crippen molar-refractivity contribution in [1.29, 1.82) is 0 Å². The zero-order chi connectivity index (χ0) is 15.2. The Kier molecular flexibility index (Phi) is 5.42. The van der Waals surface area contributed by atoms with Crippen LogP contribution in [0.15, 0.2) is 36.1 Å². The summed E-state index contributed by atoms with van der Waals surface area (Å²) in [6.07, 6.45) is -3.67. The Labute approximate surface area is 113 Å².